The van der Waals surface area contributed by atoms with Crippen LogP contribution in [0.25, 0.3) is 0 Å². The molecule has 0 radical (unpaired) electrons. The average Bonchev–Trinajstić information content (AvgIpc) is 2.63. The number of aliphatic hydroxyl groups is 2. The first-order chi connectivity index (χ1) is 6.76. The quantitative estimate of drug-likeness (QED) is 0.668. The van der Waals surface area contributed by atoms with Crippen molar-refractivity contribution in [2.75, 3.05) is 6.61 Å². The summed E-state index contributed by atoms with van der Waals surface area (Å²) in [6.45, 7) is 1.45. The summed E-state index contributed by atoms with van der Waals surface area (Å²) in [5.74, 6) is 11.0. The number of hydrogen-bond donors (Lipinski definition) is 2. The minimum absolute atomic E-state index is 0.333. The molecule has 0 saturated carbocycles. The maximum atomic E-state index is 8.98. The zero-order valence-electron chi connectivity index (χ0n) is 7.74. The van der Waals surface area contributed by atoms with E-state index in [1.165, 1.54) is 11.3 Å². The van der Waals surface area contributed by atoms with Crippen LogP contribution in [-0.2, 0) is 0 Å². The molecule has 14 heavy (non-hydrogen) atoms. The monoisotopic (exact) mass is 206 g/mol. The Balaban J connectivity index is 2.74. The van der Waals surface area contributed by atoms with Crippen molar-refractivity contribution in [3.63, 3.8) is 0 Å². The Morgan fingerprint density at radius 2 is 2.00 bits per heavy atom. The fourth-order valence-corrected chi connectivity index (χ4v) is 1.57. The first kappa shape index (κ1) is 10.8. The highest BCUT2D eigenvalue weighted by atomic mass is 32.1. The molecule has 0 saturated heterocycles. The largest absolute Gasteiger partial charge is 0.393 e. The molecule has 1 unspecified atom stereocenters. The molecule has 1 aromatic rings. The van der Waals surface area contributed by atoms with E-state index < -0.39 is 6.10 Å². The summed E-state index contributed by atoms with van der Waals surface area (Å²) in [5.41, 5.74) is 0. The third-order valence-corrected chi connectivity index (χ3v) is 2.31. The van der Waals surface area contributed by atoms with Gasteiger partial charge in [0, 0.05) is 0 Å². The number of hydrogen-bond acceptors (Lipinski definition) is 3. The molecule has 72 valence electrons. The van der Waals surface area contributed by atoms with Crippen molar-refractivity contribution >= 4 is 11.3 Å². The van der Waals surface area contributed by atoms with Gasteiger partial charge in [0.05, 0.1) is 16.4 Å². The van der Waals surface area contributed by atoms with Crippen LogP contribution in [-0.4, -0.2) is 22.9 Å². The summed E-state index contributed by atoms with van der Waals surface area (Å²) in [6.07, 6.45) is -0.960. The van der Waals surface area contributed by atoms with Crippen LogP contribution in [0.2, 0.25) is 0 Å². The molecule has 0 aliphatic heterocycles. The number of aliphatic hydroxyl groups excluding tert-OH is 2. The molecule has 0 aromatic carbocycles. The van der Waals surface area contributed by atoms with Crippen molar-refractivity contribution in [2.24, 2.45) is 0 Å². The molecule has 1 atom stereocenters. The van der Waals surface area contributed by atoms with E-state index in [0.717, 1.165) is 9.75 Å². The van der Waals surface area contributed by atoms with Gasteiger partial charge < -0.3 is 10.2 Å². The maximum absolute atomic E-state index is 8.98. The highest BCUT2D eigenvalue weighted by Gasteiger charge is 1.95. The van der Waals surface area contributed by atoms with Gasteiger partial charge in [0.1, 0.15) is 6.10 Å². The Labute approximate surface area is 87.2 Å². The SMILES string of the molecule is CC#Cc1ccc(C#CC(O)CO)s1. The lowest BCUT2D eigenvalue weighted by atomic mass is 10.3. The summed E-state index contributed by atoms with van der Waals surface area (Å²) in [5, 5.41) is 17.5. The smallest absolute Gasteiger partial charge is 0.138 e. The molecular formula is C11H10O2S. The second-order valence-electron chi connectivity index (χ2n) is 2.51. The Morgan fingerprint density at radius 3 is 2.57 bits per heavy atom. The predicted octanol–water partition coefficient (Wildman–Crippen LogP) is 0.824. The van der Waals surface area contributed by atoms with E-state index in [1.54, 1.807) is 6.92 Å². The molecule has 0 aliphatic carbocycles. The van der Waals surface area contributed by atoms with Gasteiger partial charge in [-0.2, -0.15) is 0 Å². The van der Waals surface area contributed by atoms with Gasteiger partial charge in [-0.05, 0) is 19.1 Å². The minimum atomic E-state index is -0.960. The van der Waals surface area contributed by atoms with E-state index in [0.29, 0.717) is 0 Å². The normalized spacial score (nSPS) is 10.8. The van der Waals surface area contributed by atoms with Crippen LogP contribution >= 0.6 is 11.3 Å². The summed E-state index contributed by atoms with van der Waals surface area (Å²) in [6, 6.07) is 3.73. The minimum Gasteiger partial charge on any atom is -0.393 e. The van der Waals surface area contributed by atoms with E-state index >= 15 is 0 Å². The summed E-state index contributed by atoms with van der Waals surface area (Å²) in [7, 11) is 0. The molecule has 1 rings (SSSR count). The van der Waals surface area contributed by atoms with Crippen molar-refractivity contribution in [2.45, 2.75) is 13.0 Å². The van der Waals surface area contributed by atoms with Crippen LogP contribution in [0.1, 0.15) is 16.7 Å². The summed E-state index contributed by atoms with van der Waals surface area (Å²) >= 11 is 1.47. The van der Waals surface area contributed by atoms with Crippen molar-refractivity contribution in [3.8, 4) is 23.7 Å². The third kappa shape index (κ3) is 3.24. The van der Waals surface area contributed by atoms with Gasteiger partial charge in [0.15, 0.2) is 0 Å². The molecule has 0 bridgehead atoms. The van der Waals surface area contributed by atoms with Gasteiger partial charge in [0.25, 0.3) is 0 Å². The lowest BCUT2D eigenvalue weighted by molar-refractivity contribution is 0.138. The zero-order chi connectivity index (χ0) is 10.4. The van der Waals surface area contributed by atoms with E-state index in [4.69, 9.17) is 10.2 Å². The Bertz CT molecular complexity index is 412. The van der Waals surface area contributed by atoms with Crippen molar-refractivity contribution in [1.29, 1.82) is 0 Å². The van der Waals surface area contributed by atoms with Crippen LogP contribution < -0.4 is 0 Å². The summed E-state index contributed by atoms with van der Waals surface area (Å²) in [4.78, 5) is 1.80. The Hall–Kier alpha value is -1.26. The first-order valence-corrected chi connectivity index (χ1v) is 4.91. The van der Waals surface area contributed by atoms with E-state index in [2.05, 4.69) is 23.7 Å². The molecule has 1 aromatic heterocycles. The topological polar surface area (TPSA) is 40.5 Å². The van der Waals surface area contributed by atoms with E-state index in [9.17, 15) is 0 Å². The lowest BCUT2D eigenvalue weighted by Gasteiger charge is -1.92. The second kappa shape index (κ2) is 5.47. The molecule has 0 amide bonds. The zero-order valence-corrected chi connectivity index (χ0v) is 8.56. The van der Waals surface area contributed by atoms with Crippen LogP contribution in [0.5, 0.6) is 0 Å². The third-order valence-electron chi connectivity index (χ3n) is 1.39. The maximum Gasteiger partial charge on any atom is 0.138 e. The van der Waals surface area contributed by atoms with Gasteiger partial charge in [-0.1, -0.05) is 17.8 Å². The van der Waals surface area contributed by atoms with Crippen LogP contribution in [0, 0.1) is 23.7 Å². The van der Waals surface area contributed by atoms with Gasteiger partial charge >= 0.3 is 0 Å². The van der Waals surface area contributed by atoms with Crippen LogP contribution in [0.3, 0.4) is 0 Å². The van der Waals surface area contributed by atoms with Crippen LogP contribution in [0.15, 0.2) is 12.1 Å². The molecule has 1 heterocycles. The van der Waals surface area contributed by atoms with Gasteiger partial charge in [-0.3, -0.25) is 0 Å². The second-order valence-corrected chi connectivity index (χ2v) is 3.59. The number of thiophene rings is 1. The molecule has 3 heteroatoms. The number of rotatable bonds is 1. The van der Waals surface area contributed by atoms with E-state index in [1.807, 2.05) is 12.1 Å². The lowest BCUT2D eigenvalue weighted by Crippen LogP contribution is -2.07. The Morgan fingerprint density at radius 1 is 1.36 bits per heavy atom. The van der Waals surface area contributed by atoms with Crippen LogP contribution in [0.4, 0.5) is 0 Å². The standard InChI is InChI=1S/C11H10O2S/c1-2-3-10-6-7-11(14-10)5-4-9(13)8-12/h6-7,9,12-13H,8H2,1H3. The molecular weight excluding hydrogens is 196 g/mol. The predicted molar refractivity (Wildman–Crippen MR) is 56.8 cm³/mol. The molecule has 0 spiro atoms. The van der Waals surface area contributed by atoms with Gasteiger partial charge in [-0.15, -0.1) is 17.3 Å². The van der Waals surface area contributed by atoms with Crippen molar-refractivity contribution in [3.05, 3.63) is 21.9 Å². The molecule has 0 aliphatic rings. The fraction of sp³-hybridized carbons (Fsp3) is 0.273. The molecule has 2 nitrogen and oxygen atoms in total. The first-order valence-electron chi connectivity index (χ1n) is 4.09. The molecule has 2 N–H and O–H groups in total. The van der Waals surface area contributed by atoms with E-state index in [-0.39, 0.29) is 6.61 Å². The highest BCUT2D eigenvalue weighted by Crippen LogP contribution is 2.13. The van der Waals surface area contributed by atoms with Crippen molar-refractivity contribution in [1.82, 2.24) is 0 Å². The highest BCUT2D eigenvalue weighted by molar-refractivity contribution is 7.13. The fourth-order valence-electron chi connectivity index (χ4n) is 0.796. The average molecular weight is 206 g/mol. The van der Waals surface area contributed by atoms with Gasteiger partial charge in [0.2, 0.25) is 0 Å². The Kier molecular flexibility index (Phi) is 4.22. The molecule has 0 fully saturated rings. The van der Waals surface area contributed by atoms with Crippen molar-refractivity contribution < 1.29 is 10.2 Å². The summed E-state index contributed by atoms with van der Waals surface area (Å²) < 4.78 is 0. The van der Waals surface area contributed by atoms with Gasteiger partial charge in [-0.25, -0.2) is 0 Å².